The minimum atomic E-state index is -0.542. The number of aliphatic hydroxyl groups excluding tert-OH is 1. The third-order valence-corrected chi connectivity index (χ3v) is 2.53. The first-order chi connectivity index (χ1) is 7.18. The van der Waals surface area contributed by atoms with Gasteiger partial charge in [0.05, 0.1) is 17.7 Å². The molecule has 1 aromatic heterocycles. The van der Waals surface area contributed by atoms with Crippen LogP contribution in [0.2, 0.25) is 0 Å². The summed E-state index contributed by atoms with van der Waals surface area (Å²) in [5, 5.41) is 10.5. The van der Waals surface area contributed by atoms with Crippen molar-refractivity contribution < 1.29 is 5.11 Å². The zero-order valence-electron chi connectivity index (χ0n) is 8.59. The highest BCUT2D eigenvalue weighted by Gasteiger charge is 2.11. The molecule has 0 radical (unpaired) electrons. The fraction of sp³-hybridized carbons (Fsp3) is 0.250. The summed E-state index contributed by atoms with van der Waals surface area (Å²) in [7, 11) is 0. The second-order valence-corrected chi connectivity index (χ2v) is 3.72. The normalized spacial score (nSPS) is 15.1. The van der Waals surface area contributed by atoms with E-state index in [1.54, 1.807) is 13.1 Å². The van der Waals surface area contributed by atoms with E-state index in [4.69, 9.17) is 5.73 Å². The predicted octanol–water partition coefficient (Wildman–Crippen LogP) is 1.62. The molecule has 0 amide bonds. The molecule has 3 nitrogen and oxygen atoms in total. The van der Waals surface area contributed by atoms with Gasteiger partial charge < -0.3 is 10.8 Å². The maximum absolute atomic E-state index is 9.41. The van der Waals surface area contributed by atoms with Gasteiger partial charge in [-0.3, -0.25) is 4.98 Å². The van der Waals surface area contributed by atoms with Crippen molar-refractivity contribution in [3.05, 3.63) is 42.1 Å². The summed E-state index contributed by atoms with van der Waals surface area (Å²) in [5.74, 6) is 0. The predicted molar refractivity (Wildman–Crippen MR) is 60.4 cm³/mol. The van der Waals surface area contributed by atoms with Gasteiger partial charge in [-0.25, -0.2) is 0 Å². The van der Waals surface area contributed by atoms with Gasteiger partial charge in [0.15, 0.2) is 0 Å². The van der Waals surface area contributed by atoms with Crippen LogP contribution >= 0.6 is 0 Å². The van der Waals surface area contributed by atoms with Crippen LogP contribution in [0.25, 0.3) is 10.9 Å². The van der Waals surface area contributed by atoms with Crippen molar-refractivity contribution in [1.82, 2.24) is 4.98 Å². The molecule has 2 aromatic rings. The Morgan fingerprint density at radius 3 is 2.87 bits per heavy atom. The lowest BCUT2D eigenvalue weighted by Crippen LogP contribution is -2.22. The molecule has 0 spiro atoms. The van der Waals surface area contributed by atoms with E-state index in [2.05, 4.69) is 4.98 Å². The molecule has 0 aliphatic rings. The summed E-state index contributed by atoms with van der Waals surface area (Å²) in [4.78, 5) is 4.22. The van der Waals surface area contributed by atoms with Crippen molar-refractivity contribution in [2.75, 3.05) is 0 Å². The Hall–Kier alpha value is -1.45. The Bertz CT molecular complexity index is 468. The topological polar surface area (TPSA) is 59.1 Å². The maximum Gasteiger partial charge on any atom is 0.0704 e. The molecule has 0 aliphatic heterocycles. The van der Waals surface area contributed by atoms with E-state index in [0.717, 1.165) is 16.5 Å². The largest absolute Gasteiger partial charge is 0.391 e. The van der Waals surface area contributed by atoms with E-state index in [-0.39, 0.29) is 6.04 Å². The fourth-order valence-corrected chi connectivity index (χ4v) is 1.58. The summed E-state index contributed by atoms with van der Waals surface area (Å²) >= 11 is 0. The van der Waals surface area contributed by atoms with E-state index in [0.29, 0.717) is 0 Å². The molecule has 3 heteroatoms. The van der Waals surface area contributed by atoms with Crippen molar-refractivity contribution >= 4 is 10.9 Å². The maximum atomic E-state index is 9.41. The number of hydrogen-bond acceptors (Lipinski definition) is 3. The molecule has 0 aliphatic carbocycles. The van der Waals surface area contributed by atoms with Gasteiger partial charge in [0.25, 0.3) is 0 Å². The molecule has 0 unspecified atom stereocenters. The van der Waals surface area contributed by atoms with E-state index in [1.165, 1.54) is 0 Å². The van der Waals surface area contributed by atoms with Crippen LogP contribution < -0.4 is 5.73 Å². The Morgan fingerprint density at radius 2 is 2.13 bits per heavy atom. The van der Waals surface area contributed by atoms with Gasteiger partial charge in [-0.1, -0.05) is 12.1 Å². The Kier molecular flexibility index (Phi) is 2.66. The number of pyridine rings is 1. The minimum absolute atomic E-state index is 0.338. The molecule has 2 rings (SSSR count). The molecule has 0 saturated heterocycles. The summed E-state index contributed by atoms with van der Waals surface area (Å²) in [6.07, 6.45) is 1.22. The molecule has 0 fully saturated rings. The summed E-state index contributed by atoms with van der Waals surface area (Å²) in [5.41, 5.74) is 7.74. The quantitative estimate of drug-likeness (QED) is 0.778. The number of rotatable bonds is 2. The number of aromatic nitrogens is 1. The average molecular weight is 202 g/mol. The smallest absolute Gasteiger partial charge is 0.0704 e. The molecule has 0 bridgehead atoms. The highest BCUT2D eigenvalue weighted by Crippen LogP contribution is 2.19. The molecule has 2 atom stereocenters. The highest BCUT2D eigenvalue weighted by molar-refractivity contribution is 5.79. The second-order valence-electron chi connectivity index (χ2n) is 3.72. The molecule has 1 heterocycles. The molecule has 15 heavy (non-hydrogen) atoms. The fourth-order valence-electron chi connectivity index (χ4n) is 1.58. The summed E-state index contributed by atoms with van der Waals surface area (Å²) in [6, 6.07) is 9.34. The van der Waals surface area contributed by atoms with Crippen LogP contribution in [-0.4, -0.2) is 16.2 Å². The molecular formula is C12H14N2O. The van der Waals surface area contributed by atoms with Gasteiger partial charge in [0.2, 0.25) is 0 Å². The standard InChI is InChI=1S/C12H14N2O/c1-8(15)12(13)10-4-5-11-9(7-10)3-2-6-14-11/h2-8,12,15H,13H2,1H3/t8-,12-/m0/s1. The zero-order valence-corrected chi connectivity index (χ0v) is 8.59. The van der Waals surface area contributed by atoms with E-state index >= 15 is 0 Å². The lowest BCUT2D eigenvalue weighted by molar-refractivity contribution is 0.164. The van der Waals surface area contributed by atoms with Gasteiger partial charge >= 0.3 is 0 Å². The second kappa shape index (κ2) is 3.96. The van der Waals surface area contributed by atoms with Gasteiger partial charge in [0, 0.05) is 11.6 Å². The van der Waals surface area contributed by atoms with Crippen molar-refractivity contribution in [2.45, 2.75) is 19.1 Å². The van der Waals surface area contributed by atoms with Crippen LogP contribution in [0, 0.1) is 0 Å². The first-order valence-corrected chi connectivity index (χ1v) is 4.97. The van der Waals surface area contributed by atoms with Crippen molar-refractivity contribution in [3.8, 4) is 0 Å². The summed E-state index contributed by atoms with van der Waals surface area (Å²) < 4.78 is 0. The van der Waals surface area contributed by atoms with Crippen LogP contribution in [0.1, 0.15) is 18.5 Å². The lowest BCUT2D eigenvalue weighted by Gasteiger charge is -2.15. The van der Waals surface area contributed by atoms with Crippen molar-refractivity contribution in [3.63, 3.8) is 0 Å². The third kappa shape index (κ3) is 1.98. The average Bonchev–Trinajstić information content (AvgIpc) is 2.27. The Morgan fingerprint density at radius 1 is 1.33 bits per heavy atom. The first-order valence-electron chi connectivity index (χ1n) is 4.97. The Balaban J connectivity index is 2.47. The van der Waals surface area contributed by atoms with Gasteiger partial charge in [-0.05, 0) is 30.7 Å². The van der Waals surface area contributed by atoms with Crippen LogP contribution in [0.3, 0.4) is 0 Å². The SMILES string of the molecule is C[C@H](O)[C@H](N)c1ccc2ncccc2c1. The summed E-state index contributed by atoms with van der Waals surface area (Å²) in [6.45, 7) is 1.69. The molecule has 78 valence electrons. The molecule has 0 saturated carbocycles. The van der Waals surface area contributed by atoms with Crippen LogP contribution in [-0.2, 0) is 0 Å². The number of aliphatic hydroxyl groups is 1. The van der Waals surface area contributed by atoms with Crippen LogP contribution in [0.4, 0.5) is 0 Å². The molecule has 3 N–H and O–H groups in total. The zero-order chi connectivity index (χ0) is 10.8. The lowest BCUT2D eigenvalue weighted by atomic mass is 10.0. The van der Waals surface area contributed by atoms with Crippen molar-refractivity contribution in [1.29, 1.82) is 0 Å². The minimum Gasteiger partial charge on any atom is -0.391 e. The Labute approximate surface area is 88.6 Å². The number of nitrogens with zero attached hydrogens (tertiary/aromatic N) is 1. The van der Waals surface area contributed by atoms with Gasteiger partial charge in [-0.2, -0.15) is 0 Å². The number of fused-ring (bicyclic) bond motifs is 1. The van der Waals surface area contributed by atoms with E-state index < -0.39 is 6.10 Å². The van der Waals surface area contributed by atoms with Crippen molar-refractivity contribution in [2.24, 2.45) is 5.73 Å². The molecular weight excluding hydrogens is 188 g/mol. The number of hydrogen-bond donors (Lipinski definition) is 2. The van der Waals surface area contributed by atoms with Gasteiger partial charge in [0.1, 0.15) is 0 Å². The third-order valence-electron chi connectivity index (χ3n) is 2.53. The number of nitrogens with two attached hydrogens (primary N) is 1. The van der Waals surface area contributed by atoms with Gasteiger partial charge in [-0.15, -0.1) is 0 Å². The van der Waals surface area contributed by atoms with E-state index in [9.17, 15) is 5.11 Å². The highest BCUT2D eigenvalue weighted by atomic mass is 16.3. The van der Waals surface area contributed by atoms with Crippen LogP contribution in [0.15, 0.2) is 36.5 Å². The van der Waals surface area contributed by atoms with Crippen LogP contribution in [0.5, 0.6) is 0 Å². The van der Waals surface area contributed by atoms with E-state index in [1.807, 2.05) is 30.3 Å². The number of benzene rings is 1. The molecule has 1 aromatic carbocycles. The first kappa shape index (κ1) is 10.1. The monoisotopic (exact) mass is 202 g/mol.